The van der Waals surface area contributed by atoms with Crippen molar-refractivity contribution in [3.63, 3.8) is 0 Å². The number of anilines is 1. The summed E-state index contributed by atoms with van der Waals surface area (Å²) in [4.78, 5) is 32.2. The number of amides is 1. The molecular formula is C19H21N3O3. The fraction of sp³-hybridized carbons (Fsp3) is 0.316. The third kappa shape index (κ3) is 3.47. The topological polar surface area (TPSA) is 73.7 Å². The summed E-state index contributed by atoms with van der Waals surface area (Å²) in [5.74, 6) is -1.88. The first-order chi connectivity index (χ1) is 12.0. The average Bonchev–Trinajstić information content (AvgIpc) is 3.07. The van der Waals surface area contributed by atoms with Gasteiger partial charge in [-0.1, -0.05) is 12.1 Å². The number of benzene rings is 1. The van der Waals surface area contributed by atoms with Crippen molar-refractivity contribution in [2.75, 3.05) is 32.1 Å². The van der Waals surface area contributed by atoms with Crippen LogP contribution in [0.2, 0.25) is 0 Å². The van der Waals surface area contributed by atoms with Crippen molar-refractivity contribution in [1.82, 2.24) is 9.88 Å². The van der Waals surface area contributed by atoms with Gasteiger partial charge in [0, 0.05) is 56.7 Å². The van der Waals surface area contributed by atoms with Crippen LogP contribution in [0.5, 0.6) is 0 Å². The highest BCUT2D eigenvalue weighted by Crippen LogP contribution is 2.33. The molecule has 2 aromatic rings. The predicted octanol–water partition coefficient (Wildman–Crippen LogP) is 2.09. The number of carbonyl (C=O) groups is 2. The number of aliphatic carboxylic acids is 1. The molecule has 130 valence electrons. The van der Waals surface area contributed by atoms with E-state index in [4.69, 9.17) is 0 Å². The molecule has 1 aliphatic heterocycles. The third-order valence-electron chi connectivity index (χ3n) is 4.65. The summed E-state index contributed by atoms with van der Waals surface area (Å²) < 4.78 is 0. The van der Waals surface area contributed by atoms with E-state index in [0.717, 1.165) is 11.3 Å². The van der Waals surface area contributed by atoms with Gasteiger partial charge in [0.25, 0.3) is 5.91 Å². The first kappa shape index (κ1) is 17.0. The molecule has 3 rings (SSSR count). The maximum atomic E-state index is 12.9. The Balaban J connectivity index is 1.85. The Labute approximate surface area is 146 Å². The lowest BCUT2D eigenvalue weighted by Crippen LogP contribution is -2.30. The molecule has 0 radical (unpaired) electrons. The first-order valence-corrected chi connectivity index (χ1v) is 8.16. The Morgan fingerprint density at radius 1 is 1.20 bits per heavy atom. The fourth-order valence-corrected chi connectivity index (χ4v) is 3.25. The molecule has 2 atom stereocenters. The Morgan fingerprint density at radius 2 is 2.00 bits per heavy atom. The Bertz CT molecular complexity index is 776. The number of likely N-dealkylation sites (tertiary alicyclic amines) is 1. The minimum atomic E-state index is -0.883. The predicted molar refractivity (Wildman–Crippen MR) is 94.8 cm³/mol. The number of carboxylic acid groups (broad SMARTS) is 1. The lowest BCUT2D eigenvalue weighted by molar-refractivity contribution is -0.141. The molecule has 6 heteroatoms. The van der Waals surface area contributed by atoms with Crippen molar-refractivity contribution >= 4 is 17.6 Å². The van der Waals surface area contributed by atoms with Gasteiger partial charge < -0.3 is 14.9 Å². The lowest BCUT2D eigenvalue weighted by atomic mass is 9.90. The number of hydrogen-bond donors (Lipinski definition) is 1. The van der Waals surface area contributed by atoms with Gasteiger partial charge in [-0.3, -0.25) is 14.6 Å². The number of pyridine rings is 1. The van der Waals surface area contributed by atoms with Crippen LogP contribution in [0, 0.1) is 5.92 Å². The fourth-order valence-electron chi connectivity index (χ4n) is 3.25. The minimum Gasteiger partial charge on any atom is -0.481 e. The molecule has 1 aliphatic rings. The number of aromatic nitrogens is 1. The first-order valence-electron chi connectivity index (χ1n) is 8.16. The molecule has 1 aromatic heterocycles. The molecule has 1 N–H and O–H groups in total. The molecule has 1 aromatic carbocycles. The molecule has 0 spiro atoms. The summed E-state index contributed by atoms with van der Waals surface area (Å²) in [7, 11) is 3.83. The van der Waals surface area contributed by atoms with Crippen LogP contribution in [0.3, 0.4) is 0 Å². The standard InChI is InChI=1S/C19H21N3O3/c1-21(2)15-7-3-5-13(9-15)18(23)22-11-16(17(12-22)19(24)25)14-6-4-8-20-10-14/h3-10,16-17H,11-12H2,1-2H3,(H,24,25)/t16-,17+/m0/s1. The highest BCUT2D eigenvalue weighted by molar-refractivity contribution is 5.96. The molecule has 6 nitrogen and oxygen atoms in total. The smallest absolute Gasteiger partial charge is 0.308 e. The van der Waals surface area contributed by atoms with Crippen molar-refractivity contribution in [2.45, 2.75) is 5.92 Å². The largest absolute Gasteiger partial charge is 0.481 e. The molecule has 25 heavy (non-hydrogen) atoms. The lowest BCUT2D eigenvalue weighted by Gasteiger charge is -2.18. The van der Waals surface area contributed by atoms with Crippen molar-refractivity contribution in [3.8, 4) is 0 Å². The van der Waals surface area contributed by atoms with E-state index in [-0.39, 0.29) is 18.4 Å². The summed E-state index contributed by atoms with van der Waals surface area (Å²) in [6.07, 6.45) is 3.34. The minimum absolute atomic E-state index is 0.138. The molecule has 0 unspecified atom stereocenters. The van der Waals surface area contributed by atoms with Gasteiger partial charge in [-0.15, -0.1) is 0 Å². The molecule has 2 heterocycles. The number of carboxylic acids is 1. The van der Waals surface area contributed by atoms with Gasteiger partial charge in [-0.25, -0.2) is 0 Å². The zero-order valence-corrected chi connectivity index (χ0v) is 14.3. The Kier molecular flexibility index (Phi) is 4.70. The highest BCUT2D eigenvalue weighted by Gasteiger charge is 2.40. The van der Waals surface area contributed by atoms with Gasteiger partial charge >= 0.3 is 5.97 Å². The van der Waals surface area contributed by atoms with E-state index in [2.05, 4.69) is 4.98 Å². The van der Waals surface area contributed by atoms with Gasteiger partial charge in [0.15, 0.2) is 0 Å². The van der Waals surface area contributed by atoms with Crippen LogP contribution in [0.25, 0.3) is 0 Å². The Morgan fingerprint density at radius 3 is 2.64 bits per heavy atom. The van der Waals surface area contributed by atoms with Crippen LogP contribution in [0.15, 0.2) is 48.8 Å². The van der Waals surface area contributed by atoms with E-state index < -0.39 is 11.9 Å². The second kappa shape index (κ2) is 6.93. The second-order valence-electron chi connectivity index (χ2n) is 6.49. The monoisotopic (exact) mass is 339 g/mol. The van der Waals surface area contributed by atoms with Crippen LogP contribution in [0.1, 0.15) is 21.8 Å². The van der Waals surface area contributed by atoms with Crippen molar-refractivity contribution in [3.05, 3.63) is 59.9 Å². The van der Waals surface area contributed by atoms with E-state index >= 15 is 0 Å². The molecule has 0 bridgehead atoms. The van der Waals surface area contributed by atoms with Crippen molar-refractivity contribution in [2.24, 2.45) is 5.92 Å². The maximum Gasteiger partial charge on any atom is 0.308 e. The third-order valence-corrected chi connectivity index (χ3v) is 4.65. The van der Waals surface area contributed by atoms with Crippen LogP contribution in [-0.2, 0) is 4.79 Å². The second-order valence-corrected chi connectivity index (χ2v) is 6.49. The summed E-state index contributed by atoms with van der Waals surface area (Å²) in [6, 6.07) is 11.0. The summed E-state index contributed by atoms with van der Waals surface area (Å²) in [6.45, 7) is 0.591. The number of nitrogens with zero attached hydrogens (tertiary/aromatic N) is 3. The summed E-state index contributed by atoms with van der Waals surface area (Å²) >= 11 is 0. The zero-order chi connectivity index (χ0) is 18.0. The van der Waals surface area contributed by atoms with E-state index in [9.17, 15) is 14.7 Å². The van der Waals surface area contributed by atoms with Gasteiger partial charge in [0.1, 0.15) is 0 Å². The molecular weight excluding hydrogens is 318 g/mol. The average molecular weight is 339 g/mol. The normalized spacial score (nSPS) is 19.7. The van der Waals surface area contributed by atoms with Gasteiger partial charge in [-0.2, -0.15) is 0 Å². The van der Waals surface area contributed by atoms with Crippen LogP contribution in [0.4, 0.5) is 5.69 Å². The molecule has 1 amide bonds. The molecule has 1 fully saturated rings. The van der Waals surface area contributed by atoms with E-state index in [1.807, 2.05) is 43.3 Å². The zero-order valence-electron chi connectivity index (χ0n) is 14.3. The molecule has 0 saturated carbocycles. The van der Waals surface area contributed by atoms with Gasteiger partial charge in [-0.05, 0) is 29.8 Å². The maximum absolute atomic E-state index is 12.9. The van der Waals surface area contributed by atoms with E-state index in [0.29, 0.717) is 12.1 Å². The van der Waals surface area contributed by atoms with E-state index in [1.165, 1.54) is 0 Å². The van der Waals surface area contributed by atoms with Crippen LogP contribution in [-0.4, -0.2) is 54.1 Å². The van der Waals surface area contributed by atoms with Gasteiger partial charge in [0.2, 0.25) is 0 Å². The number of hydrogen-bond acceptors (Lipinski definition) is 4. The number of carbonyl (C=O) groups excluding carboxylic acids is 1. The number of rotatable bonds is 4. The van der Waals surface area contributed by atoms with Gasteiger partial charge in [0.05, 0.1) is 5.92 Å². The van der Waals surface area contributed by atoms with Crippen LogP contribution >= 0.6 is 0 Å². The Hall–Kier alpha value is -2.89. The summed E-state index contributed by atoms with van der Waals surface area (Å²) in [5, 5.41) is 9.57. The quantitative estimate of drug-likeness (QED) is 0.923. The molecule has 0 aliphatic carbocycles. The summed E-state index contributed by atoms with van der Waals surface area (Å²) in [5.41, 5.74) is 2.36. The van der Waals surface area contributed by atoms with E-state index in [1.54, 1.807) is 29.4 Å². The molecule has 1 saturated heterocycles. The van der Waals surface area contributed by atoms with Crippen molar-refractivity contribution < 1.29 is 14.7 Å². The van der Waals surface area contributed by atoms with Crippen LogP contribution < -0.4 is 4.90 Å². The SMILES string of the molecule is CN(C)c1cccc(C(=O)N2C[C@@H](C(=O)O)[C@H](c3cccnc3)C2)c1. The van der Waals surface area contributed by atoms with Crippen molar-refractivity contribution in [1.29, 1.82) is 0 Å². The highest BCUT2D eigenvalue weighted by atomic mass is 16.4.